The molecule has 196 valence electrons. The number of carbonyl (C=O) groups is 2. The molecule has 1 aromatic rings. The molecule has 0 radical (unpaired) electrons. The van der Waals surface area contributed by atoms with E-state index in [2.05, 4.69) is 39.0 Å². The van der Waals surface area contributed by atoms with Crippen LogP contribution in [0.3, 0.4) is 0 Å². The van der Waals surface area contributed by atoms with Crippen molar-refractivity contribution in [2.24, 2.45) is 11.8 Å². The van der Waals surface area contributed by atoms with Gasteiger partial charge in [0.05, 0.1) is 12.6 Å². The third kappa shape index (κ3) is 4.90. The van der Waals surface area contributed by atoms with E-state index in [0.717, 1.165) is 55.8 Å². The highest BCUT2D eigenvalue weighted by Gasteiger charge is 2.46. The minimum Gasteiger partial charge on any atom is -0.308 e. The number of nitrogens with zero attached hydrogens (tertiary/aromatic N) is 3. The number of piperidine rings is 2. The van der Waals surface area contributed by atoms with Gasteiger partial charge >= 0.3 is 0 Å². The minimum absolute atomic E-state index is 0.0847. The molecule has 0 spiro atoms. The molecule has 2 aliphatic carbocycles. The van der Waals surface area contributed by atoms with Crippen LogP contribution in [0.25, 0.3) is 0 Å². The predicted molar refractivity (Wildman–Crippen MR) is 144 cm³/mol. The fourth-order valence-electron chi connectivity index (χ4n) is 9.01. The van der Waals surface area contributed by atoms with Gasteiger partial charge in [-0.25, -0.2) is 0 Å². The average molecular weight is 492 g/mol. The normalized spacial score (nSPS) is 37.0. The molecule has 3 aliphatic heterocycles. The fraction of sp³-hybridized carbons (Fsp3) is 0.742. The summed E-state index contributed by atoms with van der Waals surface area (Å²) in [6.07, 6.45) is 16.7. The Bertz CT molecular complexity index is 909. The van der Waals surface area contributed by atoms with Gasteiger partial charge in [-0.1, -0.05) is 43.9 Å². The molecule has 5 nitrogen and oxygen atoms in total. The zero-order valence-electron chi connectivity index (χ0n) is 22.2. The van der Waals surface area contributed by atoms with Gasteiger partial charge in [0.15, 0.2) is 0 Å². The smallest absolute Gasteiger partial charge is 0.241 e. The minimum atomic E-state index is -0.0847. The number of para-hydroxylation sites is 1. The Morgan fingerprint density at radius 3 is 2.14 bits per heavy atom. The van der Waals surface area contributed by atoms with Gasteiger partial charge in [-0.3, -0.25) is 19.4 Å². The fourth-order valence-corrected chi connectivity index (χ4v) is 9.01. The number of likely N-dealkylation sites (tertiary alicyclic amines) is 1. The van der Waals surface area contributed by atoms with Gasteiger partial charge < -0.3 is 4.90 Å². The Morgan fingerprint density at radius 2 is 1.47 bits per heavy atom. The Labute approximate surface area is 217 Å². The summed E-state index contributed by atoms with van der Waals surface area (Å²) >= 11 is 0. The third-order valence-electron chi connectivity index (χ3n) is 10.4. The number of fused-ring (bicyclic) bond motifs is 4. The molecule has 3 heterocycles. The summed E-state index contributed by atoms with van der Waals surface area (Å²) in [5.74, 6) is 2.29. The number of ketones is 1. The number of anilines is 1. The SMILES string of the molecule is CC(=O)C1CCCN1CC(=O)N(c1ccccc1)C1C[C@H]2CCC[C@@H](C1)N2C1C[C@H]2CCC[C@@H](C1)C2. The summed E-state index contributed by atoms with van der Waals surface area (Å²) < 4.78 is 0. The summed E-state index contributed by atoms with van der Waals surface area (Å²) in [6, 6.07) is 12.5. The Morgan fingerprint density at radius 1 is 0.806 bits per heavy atom. The van der Waals surface area contributed by atoms with E-state index in [1.54, 1.807) is 6.92 Å². The lowest BCUT2D eigenvalue weighted by atomic mass is 9.68. The van der Waals surface area contributed by atoms with Gasteiger partial charge in [-0.05, 0) is 95.2 Å². The van der Waals surface area contributed by atoms with Crippen LogP contribution in [0.15, 0.2) is 30.3 Å². The number of amides is 1. The van der Waals surface area contributed by atoms with Gasteiger partial charge in [0.2, 0.25) is 5.91 Å². The largest absolute Gasteiger partial charge is 0.308 e. The highest BCUT2D eigenvalue weighted by Crippen LogP contribution is 2.46. The molecule has 7 atom stereocenters. The van der Waals surface area contributed by atoms with Crippen LogP contribution >= 0.6 is 0 Å². The first kappa shape index (κ1) is 24.6. The van der Waals surface area contributed by atoms with Crippen molar-refractivity contribution in [1.82, 2.24) is 9.80 Å². The number of benzene rings is 1. The van der Waals surface area contributed by atoms with Gasteiger partial charge in [-0.2, -0.15) is 0 Å². The first-order valence-corrected chi connectivity index (χ1v) is 15.0. The number of Topliss-reactive ketones (excluding diaryl/α,β-unsaturated/α-hetero) is 1. The summed E-state index contributed by atoms with van der Waals surface area (Å²) in [6.45, 7) is 2.89. The Kier molecular flexibility index (Phi) is 7.22. The van der Waals surface area contributed by atoms with Crippen molar-refractivity contribution in [2.75, 3.05) is 18.0 Å². The van der Waals surface area contributed by atoms with E-state index in [9.17, 15) is 9.59 Å². The van der Waals surface area contributed by atoms with E-state index in [-0.39, 0.29) is 23.8 Å². The molecule has 5 aliphatic rings. The molecule has 0 aromatic heterocycles. The molecule has 3 saturated heterocycles. The second kappa shape index (κ2) is 10.6. The van der Waals surface area contributed by atoms with E-state index in [4.69, 9.17) is 0 Å². The van der Waals surface area contributed by atoms with Gasteiger partial charge in [0.1, 0.15) is 5.78 Å². The summed E-state index contributed by atoms with van der Waals surface area (Å²) in [5, 5.41) is 0. The molecule has 2 saturated carbocycles. The van der Waals surface area contributed by atoms with Crippen LogP contribution in [-0.4, -0.2) is 64.8 Å². The maximum atomic E-state index is 14.0. The van der Waals surface area contributed by atoms with Crippen molar-refractivity contribution in [1.29, 1.82) is 0 Å². The lowest BCUT2D eigenvalue weighted by Gasteiger charge is -2.56. The van der Waals surface area contributed by atoms with Crippen molar-refractivity contribution in [3.8, 4) is 0 Å². The Hall–Kier alpha value is -1.72. The lowest BCUT2D eigenvalue weighted by molar-refractivity contribution is -0.124. The standard InChI is InChI=1S/C31H45N3O2/c1-22(35)30-14-7-15-32(30)21-31(36)34(25-10-3-2-4-11-25)29-19-26-12-6-13-27(20-29)33(26)28-17-23-8-5-9-24(16-23)18-28/h2-4,10-11,23-24,26-30H,5-9,12-21H2,1H3/t23-,24+,26-,27+,28?,29?,30?. The first-order valence-electron chi connectivity index (χ1n) is 15.0. The van der Waals surface area contributed by atoms with E-state index in [1.807, 2.05) is 6.07 Å². The van der Waals surface area contributed by atoms with Gasteiger partial charge in [0.25, 0.3) is 0 Å². The number of hydrogen-bond acceptors (Lipinski definition) is 4. The zero-order valence-corrected chi connectivity index (χ0v) is 22.2. The second-order valence-corrected chi connectivity index (χ2v) is 12.7. The lowest BCUT2D eigenvalue weighted by Crippen LogP contribution is -2.62. The maximum absolute atomic E-state index is 14.0. The molecule has 1 amide bonds. The van der Waals surface area contributed by atoms with Crippen molar-refractivity contribution in [2.45, 2.75) is 121 Å². The van der Waals surface area contributed by atoms with E-state index < -0.39 is 0 Å². The molecule has 1 aromatic carbocycles. The number of carbonyl (C=O) groups excluding carboxylic acids is 2. The van der Waals surface area contributed by atoms with Crippen molar-refractivity contribution >= 4 is 17.4 Å². The van der Waals surface area contributed by atoms with E-state index in [1.165, 1.54) is 57.8 Å². The second-order valence-electron chi connectivity index (χ2n) is 12.7. The molecule has 6 rings (SSSR count). The van der Waals surface area contributed by atoms with Crippen molar-refractivity contribution in [3.63, 3.8) is 0 Å². The predicted octanol–water partition coefficient (Wildman–Crippen LogP) is 5.43. The van der Waals surface area contributed by atoms with Crippen LogP contribution in [0, 0.1) is 11.8 Å². The number of hydrogen-bond donors (Lipinski definition) is 0. The van der Waals surface area contributed by atoms with Crippen LogP contribution in [0.4, 0.5) is 5.69 Å². The topological polar surface area (TPSA) is 43.9 Å². The zero-order chi connectivity index (χ0) is 24.6. The summed E-state index contributed by atoms with van der Waals surface area (Å²) in [5.41, 5.74) is 1.03. The van der Waals surface area contributed by atoms with Crippen molar-refractivity contribution < 1.29 is 9.59 Å². The van der Waals surface area contributed by atoms with Crippen molar-refractivity contribution in [3.05, 3.63) is 30.3 Å². The van der Waals surface area contributed by atoms with Crippen LogP contribution in [0.5, 0.6) is 0 Å². The van der Waals surface area contributed by atoms with Crippen LogP contribution in [-0.2, 0) is 9.59 Å². The first-order chi connectivity index (χ1) is 17.6. The van der Waals surface area contributed by atoms with Crippen LogP contribution in [0.1, 0.15) is 90.4 Å². The van der Waals surface area contributed by atoms with E-state index >= 15 is 0 Å². The molecule has 4 bridgehead atoms. The van der Waals surface area contributed by atoms with Crippen LogP contribution in [0.2, 0.25) is 0 Å². The molecular weight excluding hydrogens is 446 g/mol. The molecule has 5 heteroatoms. The van der Waals surface area contributed by atoms with Gasteiger partial charge in [-0.15, -0.1) is 0 Å². The third-order valence-corrected chi connectivity index (χ3v) is 10.4. The molecular formula is C31H45N3O2. The average Bonchev–Trinajstić information content (AvgIpc) is 3.32. The molecule has 0 N–H and O–H groups in total. The highest BCUT2D eigenvalue weighted by atomic mass is 16.2. The highest BCUT2D eigenvalue weighted by molar-refractivity contribution is 5.96. The maximum Gasteiger partial charge on any atom is 0.241 e. The van der Waals surface area contributed by atoms with E-state index in [0.29, 0.717) is 18.6 Å². The molecule has 3 unspecified atom stereocenters. The summed E-state index contributed by atoms with van der Waals surface area (Å²) in [7, 11) is 0. The molecule has 36 heavy (non-hydrogen) atoms. The summed E-state index contributed by atoms with van der Waals surface area (Å²) in [4.78, 5) is 33.4. The molecule has 5 fully saturated rings. The Balaban J connectivity index is 1.22. The van der Waals surface area contributed by atoms with Gasteiger partial charge in [0, 0.05) is 29.9 Å². The monoisotopic (exact) mass is 491 g/mol. The number of rotatable bonds is 6. The van der Waals surface area contributed by atoms with Crippen LogP contribution < -0.4 is 4.90 Å². The quantitative estimate of drug-likeness (QED) is 0.532.